The van der Waals surface area contributed by atoms with Crippen LogP contribution in [0.15, 0.2) is 30.3 Å². The number of nitrogens with one attached hydrogen (secondary N) is 1. The van der Waals surface area contributed by atoms with Crippen molar-refractivity contribution in [2.75, 3.05) is 7.11 Å². The highest BCUT2D eigenvalue weighted by atomic mass is 35.5. The highest BCUT2D eigenvalue weighted by Gasteiger charge is 2.20. The molecule has 0 aliphatic rings. The van der Waals surface area contributed by atoms with E-state index in [0.717, 1.165) is 16.5 Å². The minimum absolute atomic E-state index is 0.134. The normalized spacial score (nSPS) is 11.0. The molecule has 0 spiro atoms. The van der Waals surface area contributed by atoms with Gasteiger partial charge in [0.1, 0.15) is 5.75 Å². The van der Waals surface area contributed by atoms with Gasteiger partial charge in [-0.1, -0.05) is 35.3 Å². The van der Waals surface area contributed by atoms with Crippen LogP contribution in [0.4, 0.5) is 0 Å². The second kappa shape index (κ2) is 6.38. The van der Waals surface area contributed by atoms with Crippen molar-refractivity contribution in [1.82, 2.24) is 4.98 Å². The van der Waals surface area contributed by atoms with Crippen LogP contribution in [0.5, 0.6) is 5.75 Å². The molecule has 0 amide bonds. The van der Waals surface area contributed by atoms with Crippen molar-refractivity contribution in [3.05, 3.63) is 51.5 Å². The largest absolute Gasteiger partial charge is 0.497 e. The van der Waals surface area contributed by atoms with Gasteiger partial charge in [-0.05, 0) is 36.2 Å². The Morgan fingerprint density at radius 3 is 2.71 bits per heavy atom. The molecule has 24 heavy (non-hydrogen) atoms. The van der Waals surface area contributed by atoms with Crippen LogP contribution in [0.25, 0.3) is 22.2 Å². The van der Waals surface area contributed by atoms with Crippen LogP contribution < -0.4 is 4.74 Å². The van der Waals surface area contributed by atoms with Gasteiger partial charge in [0, 0.05) is 16.5 Å². The van der Waals surface area contributed by atoms with Crippen molar-refractivity contribution < 1.29 is 14.6 Å². The molecule has 0 atom stereocenters. The number of fused-ring (bicyclic) bond motifs is 1. The van der Waals surface area contributed by atoms with E-state index >= 15 is 0 Å². The van der Waals surface area contributed by atoms with E-state index in [0.29, 0.717) is 32.6 Å². The van der Waals surface area contributed by atoms with Crippen LogP contribution in [-0.2, 0) is 11.2 Å². The average molecular weight is 364 g/mol. The number of aliphatic carboxylic acids is 1. The maximum absolute atomic E-state index is 11.4. The number of hydrogen-bond donors (Lipinski definition) is 2. The number of hydrogen-bond acceptors (Lipinski definition) is 2. The number of benzene rings is 2. The van der Waals surface area contributed by atoms with Crippen molar-refractivity contribution in [1.29, 1.82) is 0 Å². The van der Waals surface area contributed by atoms with Crippen molar-refractivity contribution in [2.24, 2.45) is 0 Å². The molecule has 3 aromatic rings. The lowest BCUT2D eigenvalue weighted by molar-refractivity contribution is -0.136. The smallest absolute Gasteiger partial charge is 0.307 e. The predicted molar refractivity (Wildman–Crippen MR) is 96.4 cm³/mol. The Balaban J connectivity index is 2.36. The standard InChI is InChI=1S/C18H15Cl2NO3/c1-9-6-10(24-2)7-12-13(8-15(22)23)18(21-17(9)12)11-4-3-5-14(19)16(11)20/h3-7,21H,8H2,1-2H3,(H,22,23). The van der Waals surface area contributed by atoms with Gasteiger partial charge < -0.3 is 14.8 Å². The van der Waals surface area contributed by atoms with E-state index in [4.69, 9.17) is 27.9 Å². The fourth-order valence-electron chi connectivity index (χ4n) is 2.87. The summed E-state index contributed by atoms with van der Waals surface area (Å²) in [5.74, 6) is -0.245. The Morgan fingerprint density at radius 1 is 1.29 bits per heavy atom. The first-order valence-corrected chi connectivity index (χ1v) is 8.03. The molecule has 124 valence electrons. The van der Waals surface area contributed by atoms with E-state index in [1.807, 2.05) is 25.1 Å². The van der Waals surface area contributed by atoms with E-state index in [1.54, 1.807) is 19.2 Å². The van der Waals surface area contributed by atoms with Crippen LogP contribution in [0, 0.1) is 6.92 Å². The number of rotatable bonds is 4. The molecule has 0 bridgehead atoms. The maximum atomic E-state index is 11.4. The number of methoxy groups -OCH3 is 1. The minimum Gasteiger partial charge on any atom is -0.497 e. The first-order valence-electron chi connectivity index (χ1n) is 7.27. The highest BCUT2D eigenvalue weighted by Crippen LogP contribution is 2.39. The third-order valence-corrected chi connectivity index (χ3v) is 4.79. The van der Waals surface area contributed by atoms with Crippen molar-refractivity contribution in [2.45, 2.75) is 13.3 Å². The number of carboxylic acids is 1. The fraction of sp³-hybridized carbons (Fsp3) is 0.167. The van der Waals surface area contributed by atoms with Crippen molar-refractivity contribution in [3.63, 3.8) is 0 Å². The summed E-state index contributed by atoms with van der Waals surface area (Å²) in [7, 11) is 1.58. The Morgan fingerprint density at radius 2 is 2.04 bits per heavy atom. The third kappa shape index (κ3) is 2.83. The number of aromatic nitrogens is 1. The van der Waals surface area contributed by atoms with E-state index in [1.165, 1.54) is 0 Å². The third-order valence-electron chi connectivity index (χ3n) is 3.97. The number of aromatic amines is 1. The molecule has 2 N–H and O–H groups in total. The van der Waals surface area contributed by atoms with Gasteiger partial charge in [0.05, 0.1) is 29.3 Å². The van der Waals surface area contributed by atoms with Crippen LogP contribution in [0.3, 0.4) is 0 Å². The number of halogens is 2. The zero-order valence-corrected chi connectivity index (χ0v) is 14.6. The molecule has 2 aromatic carbocycles. The van der Waals surface area contributed by atoms with Gasteiger partial charge >= 0.3 is 5.97 Å². The summed E-state index contributed by atoms with van der Waals surface area (Å²) >= 11 is 12.5. The van der Waals surface area contributed by atoms with Gasteiger partial charge in [-0.15, -0.1) is 0 Å². The quantitative estimate of drug-likeness (QED) is 0.678. The summed E-state index contributed by atoms with van der Waals surface area (Å²) in [6.45, 7) is 1.94. The first kappa shape index (κ1) is 16.7. The summed E-state index contributed by atoms with van der Waals surface area (Å²) in [5, 5.41) is 10.9. The number of aryl methyl sites for hydroxylation is 1. The summed E-state index contributed by atoms with van der Waals surface area (Å²) < 4.78 is 5.31. The number of carboxylic acid groups (broad SMARTS) is 1. The molecular formula is C18H15Cl2NO3. The molecule has 0 fully saturated rings. The second-order valence-corrected chi connectivity index (χ2v) is 6.30. The topological polar surface area (TPSA) is 62.3 Å². The summed E-state index contributed by atoms with van der Waals surface area (Å²) in [4.78, 5) is 14.7. The molecule has 0 aliphatic heterocycles. The summed E-state index contributed by atoms with van der Waals surface area (Å²) in [5.41, 5.74) is 3.81. The Labute approximate surface area is 149 Å². The van der Waals surface area contributed by atoms with Crippen molar-refractivity contribution in [3.8, 4) is 17.0 Å². The van der Waals surface area contributed by atoms with Crippen LogP contribution >= 0.6 is 23.2 Å². The molecule has 0 saturated carbocycles. The molecule has 4 nitrogen and oxygen atoms in total. The Hall–Kier alpha value is -2.17. The molecule has 0 saturated heterocycles. The average Bonchev–Trinajstić information content (AvgIpc) is 2.88. The fourth-order valence-corrected chi connectivity index (χ4v) is 3.27. The van der Waals surface area contributed by atoms with Crippen molar-refractivity contribution >= 4 is 40.1 Å². The molecule has 0 radical (unpaired) electrons. The minimum atomic E-state index is -0.921. The number of carbonyl (C=O) groups is 1. The van der Waals surface area contributed by atoms with E-state index in [9.17, 15) is 9.90 Å². The lowest BCUT2D eigenvalue weighted by Crippen LogP contribution is -2.01. The number of ether oxygens (including phenoxy) is 1. The van der Waals surface area contributed by atoms with Gasteiger partial charge in [-0.25, -0.2) is 0 Å². The zero-order valence-electron chi connectivity index (χ0n) is 13.1. The molecule has 0 unspecified atom stereocenters. The zero-order chi connectivity index (χ0) is 17.4. The molecule has 0 aliphatic carbocycles. The SMILES string of the molecule is COc1cc(C)c2[nH]c(-c3cccc(Cl)c3Cl)c(CC(=O)O)c2c1. The lowest BCUT2D eigenvalue weighted by atomic mass is 10.0. The predicted octanol–water partition coefficient (Wildman–Crippen LogP) is 5.09. The van der Waals surface area contributed by atoms with Gasteiger partial charge in [0.15, 0.2) is 0 Å². The molecule has 3 rings (SSSR count). The Kier molecular flexibility index (Phi) is 4.43. The summed E-state index contributed by atoms with van der Waals surface area (Å²) in [6, 6.07) is 9.02. The van der Waals surface area contributed by atoms with E-state index < -0.39 is 5.97 Å². The Bertz CT molecular complexity index is 947. The van der Waals surface area contributed by atoms with E-state index in [2.05, 4.69) is 4.98 Å². The molecule has 1 heterocycles. The molecule has 6 heteroatoms. The van der Waals surface area contributed by atoms with Crippen LogP contribution in [-0.4, -0.2) is 23.2 Å². The van der Waals surface area contributed by atoms with Crippen LogP contribution in [0.2, 0.25) is 10.0 Å². The maximum Gasteiger partial charge on any atom is 0.307 e. The summed E-state index contributed by atoms with van der Waals surface area (Å²) in [6.07, 6.45) is -0.134. The monoisotopic (exact) mass is 363 g/mol. The van der Waals surface area contributed by atoms with Gasteiger partial charge in [-0.3, -0.25) is 4.79 Å². The van der Waals surface area contributed by atoms with Gasteiger partial charge in [0.25, 0.3) is 0 Å². The van der Waals surface area contributed by atoms with Crippen LogP contribution in [0.1, 0.15) is 11.1 Å². The number of H-pyrrole nitrogens is 1. The first-order chi connectivity index (χ1) is 11.4. The molecule has 1 aromatic heterocycles. The van der Waals surface area contributed by atoms with Gasteiger partial charge in [-0.2, -0.15) is 0 Å². The lowest BCUT2D eigenvalue weighted by Gasteiger charge is -2.07. The van der Waals surface area contributed by atoms with Gasteiger partial charge in [0.2, 0.25) is 0 Å². The second-order valence-electron chi connectivity index (χ2n) is 5.52. The molecular weight excluding hydrogens is 349 g/mol. The van der Waals surface area contributed by atoms with E-state index in [-0.39, 0.29) is 6.42 Å². The highest BCUT2D eigenvalue weighted by molar-refractivity contribution is 6.43.